The molecule has 0 saturated carbocycles. The Hall–Kier alpha value is -1.48. The van der Waals surface area contributed by atoms with Crippen molar-refractivity contribution >= 4 is 43.6 Å². The molecule has 8 heteroatoms. The molecule has 2 heterocycles. The summed E-state index contributed by atoms with van der Waals surface area (Å²) >= 11 is 3.36. The summed E-state index contributed by atoms with van der Waals surface area (Å²) in [5.41, 5.74) is 2.86. The lowest BCUT2D eigenvalue weighted by Gasteiger charge is -1.95. The number of pyridine rings is 1. The van der Waals surface area contributed by atoms with Gasteiger partial charge in [0, 0.05) is 5.69 Å². The first kappa shape index (κ1) is 17.9. The summed E-state index contributed by atoms with van der Waals surface area (Å²) in [6.07, 6.45) is 2.03. The fourth-order valence-corrected chi connectivity index (χ4v) is 3.59. The van der Waals surface area contributed by atoms with Crippen LogP contribution in [0.1, 0.15) is 11.3 Å². The summed E-state index contributed by atoms with van der Waals surface area (Å²) in [7, 11) is -4.02. The number of thiazole rings is 1. The summed E-state index contributed by atoms with van der Waals surface area (Å²) in [6, 6.07) is 10.1. The molecule has 0 unspecified atom stereocenters. The predicted molar refractivity (Wildman–Crippen MR) is 94.9 cm³/mol. The Balaban J connectivity index is 0.000000168. The third-order valence-electron chi connectivity index (χ3n) is 2.87. The molecule has 0 radical (unpaired) electrons. The van der Waals surface area contributed by atoms with Gasteiger partial charge in [-0.2, -0.15) is 8.42 Å². The lowest BCUT2D eigenvalue weighted by atomic mass is 10.2. The highest BCUT2D eigenvalue weighted by molar-refractivity contribution is 8.00. The van der Waals surface area contributed by atoms with Crippen LogP contribution in [0.2, 0.25) is 0 Å². The molecule has 0 saturated heterocycles. The van der Waals surface area contributed by atoms with Crippen LogP contribution >= 0.6 is 23.1 Å². The first-order valence-electron chi connectivity index (χ1n) is 6.62. The van der Waals surface area contributed by atoms with Gasteiger partial charge in [0.25, 0.3) is 10.1 Å². The van der Waals surface area contributed by atoms with Gasteiger partial charge in [0.2, 0.25) is 0 Å². The van der Waals surface area contributed by atoms with Gasteiger partial charge in [-0.15, -0.1) is 11.3 Å². The van der Waals surface area contributed by atoms with E-state index in [0.717, 1.165) is 21.2 Å². The second kappa shape index (κ2) is 7.39. The van der Waals surface area contributed by atoms with Gasteiger partial charge >= 0.3 is 0 Å². The number of nitrogens with zero attached hydrogens (tertiary/aromatic N) is 2. The highest BCUT2D eigenvalue weighted by atomic mass is 32.2. The van der Waals surface area contributed by atoms with Crippen molar-refractivity contribution in [1.29, 1.82) is 0 Å². The van der Waals surface area contributed by atoms with E-state index in [1.165, 1.54) is 16.8 Å². The maximum atomic E-state index is 10.5. The lowest BCUT2D eigenvalue weighted by Crippen LogP contribution is -1.96. The van der Waals surface area contributed by atoms with Crippen molar-refractivity contribution in [1.82, 2.24) is 9.97 Å². The van der Waals surface area contributed by atoms with Crippen molar-refractivity contribution in [2.75, 3.05) is 6.26 Å². The van der Waals surface area contributed by atoms with E-state index in [1.807, 2.05) is 26.2 Å². The molecule has 0 aliphatic carbocycles. The average molecular weight is 369 g/mol. The molecule has 5 nitrogen and oxygen atoms in total. The van der Waals surface area contributed by atoms with E-state index in [-0.39, 0.29) is 4.90 Å². The number of thioether (sulfide) groups is 1. The van der Waals surface area contributed by atoms with Crippen LogP contribution in [0.5, 0.6) is 0 Å². The minimum absolute atomic E-state index is 0.0666. The highest BCUT2D eigenvalue weighted by Crippen LogP contribution is 2.26. The van der Waals surface area contributed by atoms with Gasteiger partial charge in [0.05, 0.1) is 9.60 Å². The van der Waals surface area contributed by atoms with Crippen molar-refractivity contribution in [3.05, 3.63) is 47.7 Å². The molecule has 122 valence electrons. The first-order valence-corrected chi connectivity index (χ1v) is 10.1. The molecule has 0 aliphatic heterocycles. The van der Waals surface area contributed by atoms with Crippen molar-refractivity contribution in [2.45, 2.75) is 23.1 Å². The van der Waals surface area contributed by atoms with E-state index < -0.39 is 10.1 Å². The minimum Gasteiger partial charge on any atom is -0.282 e. The molecule has 0 bridgehead atoms. The smallest absolute Gasteiger partial charge is 0.282 e. The molecule has 0 atom stereocenters. The van der Waals surface area contributed by atoms with Gasteiger partial charge < -0.3 is 0 Å². The average Bonchev–Trinajstić information content (AvgIpc) is 2.89. The number of hydrogen-bond donors (Lipinski definition) is 1. The van der Waals surface area contributed by atoms with Crippen molar-refractivity contribution in [2.24, 2.45) is 0 Å². The van der Waals surface area contributed by atoms with Crippen LogP contribution < -0.4 is 0 Å². The van der Waals surface area contributed by atoms with E-state index in [1.54, 1.807) is 35.2 Å². The summed E-state index contributed by atoms with van der Waals surface area (Å²) in [6.45, 7) is 3.82. The van der Waals surface area contributed by atoms with Gasteiger partial charge in [-0.1, -0.05) is 29.5 Å². The van der Waals surface area contributed by atoms with E-state index >= 15 is 0 Å². The Kier molecular flexibility index (Phi) is 5.74. The van der Waals surface area contributed by atoms with Crippen LogP contribution in [0.15, 0.2) is 45.6 Å². The molecule has 1 aromatic carbocycles. The number of fused-ring (bicyclic) bond motifs is 1. The normalized spacial score (nSPS) is 11.1. The zero-order chi connectivity index (χ0) is 17.0. The molecular formula is C15H16N2O3S3. The Labute approximate surface area is 143 Å². The Morgan fingerprint density at radius 3 is 2.26 bits per heavy atom. The van der Waals surface area contributed by atoms with Crippen molar-refractivity contribution in [3.63, 3.8) is 0 Å². The van der Waals surface area contributed by atoms with E-state index in [9.17, 15) is 8.42 Å². The maximum Gasteiger partial charge on any atom is 0.294 e. The van der Waals surface area contributed by atoms with E-state index in [4.69, 9.17) is 4.55 Å². The van der Waals surface area contributed by atoms with E-state index in [0.29, 0.717) is 0 Å². The van der Waals surface area contributed by atoms with Crippen molar-refractivity contribution < 1.29 is 13.0 Å². The Morgan fingerprint density at radius 1 is 1.04 bits per heavy atom. The zero-order valence-corrected chi connectivity index (χ0v) is 15.3. The number of benzene rings is 1. The van der Waals surface area contributed by atoms with Gasteiger partial charge in [0.1, 0.15) is 0 Å². The van der Waals surface area contributed by atoms with Crippen LogP contribution in [-0.4, -0.2) is 29.2 Å². The lowest BCUT2D eigenvalue weighted by molar-refractivity contribution is 0.483. The number of rotatable bonds is 2. The number of aryl methyl sites for hydroxylation is 2. The molecule has 3 aromatic rings. The molecule has 0 aliphatic rings. The maximum absolute atomic E-state index is 10.5. The highest BCUT2D eigenvalue weighted by Gasteiger charge is 2.06. The molecule has 2 aromatic heterocycles. The third-order valence-corrected chi connectivity index (χ3v) is 5.73. The second-order valence-corrected chi connectivity index (χ2v) is 8.25. The second-order valence-electron chi connectivity index (χ2n) is 4.75. The standard InChI is InChI=1S/C8H8N2S2.C7H8O3S/c1-5-3-4-6-7(9-5)10-8(11-2)12-6;1-6-2-4-7(5-3-6)11(8,9)10/h3-4H,1-2H3;2-5H,1H3,(H,8,9,10). The molecule has 23 heavy (non-hydrogen) atoms. The molecule has 0 amide bonds. The first-order chi connectivity index (χ1) is 10.8. The summed E-state index contributed by atoms with van der Waals surface area (Å²) < 4.78 is 31.8. The fourth-order valence-electron chi connectivity index (χ4n) is 1.69. The summed E-state index contributed by atoms with van der Waals surface area (Å²) in [4.78, 5) is 8.63. The number of aromatic nitrogens is 2. The van der Waals surface area contributed by atoms with Crippen LogP contribution in [0, 0.1) is 13.8 Å². The zero-order valence-electron chi connectivity index (χ0n) is 12.8. The van der Waals surface area contributed by atoms with Gasteiger partial charge in [0.15, 0.2) is 9.99 Å². The predicted octanol–water partition coefficient (Wildman–Crippen LogP) is 3.96. The summed E-state index contributed by atoms with van der Waals surface area (Å²) in [5, 5.41) is 0. The fraction of sp³-hybridized carbons (Fsp3) is 0.200. The molecular weight excluding hydrogens is 352 g/mol. The quantitative estimate of drug-likeness (QED) is 0.545. The van der Waals surface area contributed by atoms with Crippen LogP contribution in [0.4, 0.5) is 0 Å². The van der Waals surface area contributed by atoms with Crippen molar-refractivity contribution in [3.8, 4) is 0 Å². The molecule has 1 N–H and O–H groups in total. The Bertz CT molecular complexity index is 903. The topological polar surface area (TPSA) is 80.2 Å². The number of hydrogen-bond acceptors (Lipinski definition) is 6. The molecule has 0 fully saturated rings. The summed E-state index contributed by atoms with van der Waals surface area (Å²) in [5.74, 6) is 0. The van der Waals surface area contributed by atoms with Gasteiger partial charge in [-0.25, -0.2) is 9.97 Å². The largest absolute Gasteiger partial charge is 0.294 e. The van der Waals surface area contributed by atoms with Crippen LogP contribution in [0.25, 0.3) is 10.3 Å². The van der Waals surface area contributed by atoms with Gasteiger partial charge in [-0.05, 0) is 44.4 Å². The van der Waals surface area contributed by atoms with Crippen LogP contribution in [0.3, 0.4) is 0 Å². The monoisotopic (exact) mass is 368 g/mol. The molecule has 0 spiro atoms. The third kappa shape index (κ3) is 5.00. The van der Waals surface area contributed by atoms with Crippen LogP contribution in [-0.2, 0) is 10.1 Å². The van der Waals surface area contributed by atoms with E-state index in [2.05, 4.69) is 16.0 Å². The molecule has 3 rings (SSSR count). The Morgan fingerprint density at radius 2 is 1.70 bits per heavy atom. The van der Waals surface area contributed by atoms with Gasteiger partial charge in [-0.3, -0.25) is 4.55 Å². The minimum atomic E-state index is -4.02. The SMILES string of the molecule is CSc1nc2nc(C)ccc2s1.Cc1ccc(S(=O)(=O)O)cc1.